The van der Waals surface area contributed by atoms with Gasteiger partial charge in [-0.05, 0) is 61.9 Å². The Morgan fingerprint density at radius 2 is 2.18 bits per heavy atom. The minimum Gasteiger partial charge on any atom is -0.493 e. The van der Waals surface area contributed by atoms with Crippen LogP contribution in [0.15, 0.2) is 42.9 Å². The number of methoxy groups -OCH3 is 1. The molecule has 2 aliphatic rings. The van der Waals surface area contributed by atoms with Crippen LogP contribution >= 0.6 is 11.3 Å². The minimum atomic E-state index is 0.116. The number of unbranched alkanes of at least 4 members (excludes halogenated alkanes) is 1. The summed E-state index contributed by atoms with van der Waals surface area (Å²) >= 11 is 1.75. The summed E-state index contributed by atoms with van der Waals surface area (Å²) in [5.74, 6) is 2.47. The van der Waals surface area contributed by atoms with Crippen LogP contribution in [0.4, 0.5) is 5.69 Å². The summed E-state index contributed by atoms with van der Waals surface area (Å²) in [5, 5.41) is 1.15. The molecule has 1 fully saturated rings. The van der Waals surface area contributed by atoms with Crippen molar-refractivity contribution in [3.63, 3.8) is 0 Å². The molecule has 2 atom stereocenters. The number of thiazole rings is 1. The summed E-state index contributed by atoms with van der Waals surface area (Å²) in [6.07, 6.45) is 10.3. The van der Waals surface area contributed by atoms with Gasteiger partial charge in [-0.25, -0.2) is 4.98 Å². The predicted molar refractivity (Wildman–Crippen MR) is 149 cm³/mol. The first-order valence-corrected chi connectivity index (χ1v) is 14.2. The van der Waals surface area contributed by atoms with Crippen molar-refractivity contribution < 1.29 is 19.0 Å². The quantitative estimate of drug-likeness (QED) is 0.333. The zero-order valence-corrected chi connectivity index (χ0v) is 23.2. The average molecular weight is 537 g/mol. The molecular formula is C29H36N4O4S. The Labute approximate surface area is 228 Å². The monoisotopic (exact) mass is 536 g/mol. The molecule has 2 aliphatic heterocycles. The smallest absolute Gasteiger partial charge is 0.241 e. The van der Waals surface area contributed by atoms with Gasteiger partial charge >= 0.3 is 0 Å². The number of pyridine rings is 1. The molecule has 8 nitrogen and oxygen atoms in total. The molecule has 38 heavy (non-hydrogen) atoms. The first kappa shape index (κ1) is 26.4. The maximum absolute atomic E-state index is 13.7. The van der Waals surface area contributed by atoms with E-state index in [0.29, 0.717) is 24.6 Å². The predicted octanol–water partition coefficient (Wildman–Crippen LogP) is 5.21. The minimum absolute atomic E-state index is 0.116. The van der Waals surface area contributed by atoms with Crippen LogP contribution in [0.25, 0.3) is 0 Å². The standard InChI is InChI=1S/C29H36N4O4S/c1-4-5-11-33(24-7-6-10-30-16-24)28(34)18-32-17-22(12-23(32)8-9-27-31-15-20(2)38-27)21-13-25(35-3)29-26(14-21)36-19-37-29/h6-7,10,13-16,22-23H,4-5,8-9,11-12,17-19H2,1-3H3/t22-,23+/m1/s1. The Bertz CT molecular complexity index is 1230. The van der Waals surface area contributed by atoms with Crippen LogP contribution in [-0.2, 0) is 11.2 Å². The molecule has 0 aliphatic carbocycles. The molecule has 0 spiro atoms. The maximum atomic E-state index is 13.7. The molecule has 0 saturated carbocycles. The number of likely N-dealkylation sites (tertiary alicyclic amines) is 1. The van der Waals surface area contributed by atoms with E-state index in [9.17, 15) is 4.79 Å². The van der Waals surface area contributed by atoms with Crippen molar-refractivity contribution in [2.45, 2.75) is 57.9 Å². The van der Waals surface area contributed by atoms with E-state index >= 15 is 0 Å². The highest BCUT2D eigenvalue weighted by Crippen LogP contribution is 2.45. The maximum Gasteiger partial charge on any atom is 0.241 e. The number of fused-ring (bicyclic) bond motifs is 1. The summed E-state index contributed by atoms with van der Waals surface area (Å²) in [7, 11) is 1.66. The molecule has 3 aromatic rings. The fourth-order valence-electron chi connectivity index (χ4n) is 5.40. The Morgan fingerprint density at radius 1 is 1.29 bits per heavy atom. The molecule has 2 aromatic heterocycles. The second-order valence-corrected chi connectivity index (χ2v) is 11.3. The fourth-order valence-corrected chi connectivity index (χ4v) is 6.20. The van der Waals surface area contributed by atoms with Crippen molar-refractivity contribution >= 4 is 22.9 Å². The number of anilines is 1. The van der Waals surface area contributed by atoms with Crippen molar-refractivity contribution in [3.8, 4) is 17.2 Å². The molecule has 9 heteroatoms. The van der Waals surface area contributed by atoms with Crippen LogP contribution in [-0.4, -0.2) is 60.4 Å². The second kappa shape index (κ2) is 12.1. The summed E-state index contributed by atoms with van der Waals surface area (Å²) in [4.78, 5) is 28.0. The van der Waals surface area contributed by atoms with Crippen LogP contribution < -0.4 is 19.1 Å². The molecule has 202 valence electrons. The Kier molecular flexibility index (Phi) is 8.44. The first-order valence-electron chi connectivity index (χ1n) is 13.4. The van der Waals surface area contributed by atoms with E-state index in [1.807, 2.05) is 23.2 Å². The molecule has 1 saturated heterocycles. The lowest BCUT2D eigenvalue weighted by atomic mass is 9.94. The normalized spacial score (nSPS) is 18.6. The molecule has 0 radical (unpaired) electrons. The zero-order chi connectivity index (χ0) is 26.5. The van der Waals surface area contributed by atoms with Gasteiger partial charge in [0.1, 0.15) is 0 Å². The number of benzene rings is 1. The van der Waals surface area contributed by atoms with Crippen LogP contribution in [0.5, 0.6) is 17.2 Å². The van der Waals surface area contributed by atoms with E-state index in [-0.39, 0.29) is 24.7 Å². The number of rotatable bonds is 11. The van der Waals surface area contributed by atoms with Crippen LogP contribution in [0.1, 0.15) is 54.0 Å². The molecule has 0 unspecified atom stereocenters. The Hall–Kier alpha value is -3.17. The number of hydrogen-bond acceptors (Lipinski definition) is 8. The highest BCUT2D eigenvalue weighted by atomic mass is 32.1. The van der Waals surface area contributed by atoms with Crippen LogP contribution in [0.3, 0.4) is 0 Å². The number of ether oxygens (including phenoxy) is 3. The van der Waals surface area contributed by atoms with E-state index in [1.54, 1.807) is 30.8 Å². The lowest BCUT2D eigenvalue weighted by Crippen LogP contribution is -2.43. The van der Waals surface area contributed by atoms with Crippen molar-refractivity contribution in [1.29, 1.82) is 0 Å². The number of aromatic nitrogens is 2. The number of amides is 1. The third kappa shape index (κ3) is 5.94. The summed E-state index contributed by atoms with van der Waals surface area (Å²) in [6.45, 7) is 6.31. The van der Waals surface area contributed by atoms with Gasteiger partial charge in [0.05, 0.1) is 30.5 Å². The van der Waals surface area contributed by atoms with E-state index < -0.39 is 0 Å². The first-order chi connectivity index (χ1) is 18.6. The van der Waals surface area contributed by atoms with Crippen molar-refractivity contribution in [3.05, 3.63) is 58.3 Å². The summed E-state index contributed by atoms with van der Waals surface area (Å²) in [6, 6.07) is 8.26. The third-order valence-corrected chi connectivity index (χ3v) is 8.35. The third-order valence-electron chi connectivity index (χ3n) is 7.37. The summed E-state index contributed by atoms with van der Waals surface area (Å²) in [5.41, 5.74) is 2.02. The topological polar surface area (TPSA) is 77.0 Å². The van der Waals surface area contributed by atoms with Gasteiger partial charge in [0.25, 0.3) is 0 Å². The lowest BCUT2D eigenvalue weighted by molar-refractivity contribution is -0.120. The molecule has 1 aromatic carbocycles. The lowest BCUT2D eigenvalue weighted by Gasteiger charge is -2.28. The van der Waals surface area contributed by atoms with Gasteiger partial charge in [-0.2, -0.15) is 0 Å². The largest absolute Gasteiger partial charge is 0.493 e. The van der Waals surface area contributed by atoms with Crippen LogP contribution in [0, 0.1) is 6.92 Å². The van der Waals surface area contributed by atoms with Gasteiger partial charge in [-0.15, -0.1) is 11.3 Å². The van der Waals surface area contributed by atoms with E-state index in [4.69, 9.17) is 14.2 Å². The Balaban J connectivity index is 1.36. The zero-order valence-electron chi connectivity index (χ0n) is 22.4. The van der Waals surface area contributed by atoms with E-state index in [0.717, 1.165) is 60.7 Å². The highest BCUT2D eigenvalue weighted by Gasteiger charge is 2.36. The van der Waals surface area contributed by atoms with E-state index in [1.165, 1.54) is 4.88 Å². The molecule has 0 bridgehead atoms. The number of carbonyl (C=O) groups excluding carboxylic acids is 1. The van der Waals surface area contributed by atoms with Gasteiger partial charge < -0.3 is 19.1 Å². The molecular weight excluding hydrogens is 500 g/mol. The molecule has 4 heterocycles. The van der Waals surface area contributed by atoms with Gasteiger partial charge in [-0.1, -0.05) is 13.3 Å². The molecule has 0 N–H and O–H groups in total. The van der Waals surface area contributed by atoms with Gasteiger partial charge in [-0.3, -0.25) is 14.7 Å². The van der Waals surface area contributed by atoms with E-state index in [2.05, 4.69) is 40.8 Å². The second-order valence-electron chi connectivity index (χ2n) is 9.99. The number of nitrogens with zero attached hydrogens (tertiary/aromatic N) is 4. The van der Waals surface area contributed by atoms with Crippen molar-refractivity contribution in [1.82, 2.24) is 14.9 Å². The fraction of sp³-hybridized carbons (Fsp3) is 0.483. The van der Waals surface area contributed by atoms with Crippen LogP contribution in [0.2, 0.25) is 0 Å². The molecule has 5 rings (SSSR count). The number of hydrogen-bond donors (Lipinski definition) is 0. The van der Waals surface area contributed by atoms with Gasteiger partial charge in [0.2, 0.25) is 18.4 Å². The van der Waals surface area contributed by atoms with Gasteiger partial charge in [0.15, 0.2) is 11.5 Å². The van der Waals surface area contributed by atoms with Crippen molar-refractivity contribution in [2.24, 2.45) is 0 Å². The average Bonchev–Trinajstić information content (AvgIpc) is 3.67. The van der Waals surface area contributed by atoms with Crippen molar-refractivity contribution in [2.75, 3.05) is 38.4 Å². The highest BCUT2D eigenvalue weighted by molar-refractivity contribution is 7.11. The Morgan fingerprint density at radius 3 is 2.92 bits per heavy atom. The van der Waals surface area contributed by atoms with Gasteiger partial charge in [0, 0.05) is 42.8 Å². The number of aryl methyl sites for hydroxylation is 2. The summed E-state index contributed by atoms with van der Waals surface area (Å²) < 4.78 is 16.9. The molecule has 1 amide bonds. The SMILES string of the molecule is CCCCN(C(=O)CN1C[C@H](c2cc(OC)c3c(c2)OCO3)C[C@@H]1CCc1ncc(C)s1)c1cccnc1. The number of carbonyl (C=O) groups is 1.